The molecule has 0 radical (unpaired) electrons. The van der Waals surface area contributed by atoms with Crippen molar-refractivity contribution in [1.29, 1.82) is 0 Å². The summed E-state index contributed by atoms with van der Waals surface area (Å²) in [5.41, 5.74) is 6.30. The molecule has 0 bridgehead atoms. The van der Waals surface area contributed by atoms with Crippen LogP contribution in [-0.2, 0) is 0 Å². The number of aromatic nitrogens is 3. The highest BCUT2D eigenvalue weighted by Gasteiger charge is 2.21. The largest absolute Gasteiger partial charge is 0.338 e. The average molecular weight is 296 g/mol. The summed E-state index contributed by atoms with van der Waals surface area (Å²) in [6, 6.07) is 4.61. The van der Waals surface area contributed by atoms with Crippen molar-refractivity contribution in [2.24, 2.45) is 5.73 Å². The van der Waals surface area contributed by atoms with Crippen molar-refractivity contribution in [3.63, 3.8) is 0 Å². The third-order valence-corrected chi connectivity index (χ3v) is 3.64. The summed E-state index contributed by atoms with van der Waals surface area (Å²) >= 11 is 5.74. The highest BCUT2D eigenvalue weighted by Crippen LogP contribution is 2.24. The van der Waals surface area contributed by atoms with Crippen LogP contribution in [0.3, 0.4) is 0 Å². The Hall–Kier alpha value is -1.66. The van der Waals surface area contributed by atoms with Crippen LogP contribution >= 0.6 is 11.6 Å². The van der Waals surface area contributed by atoms with Crippen LogP contribution in [0.2, 0.25) is 5.02 Å². The fourth-order valence-corrected chi connectivity index (χ4v) is 2.55. The van der Waals surface area contributed by atoms with Crippen molar-refractivity contribution in [1.82, 2.24) is 15.2 Å². The second-order valence-electron chi connectivity index (χ2n) is 4.96. The summed E-state index contributed by atoms with van der Waals surface area (Å²) in [5.74, 6) is 0.536. The molecule has 0 saturated carbocycles. The van der Waals surface area contributed by atoms with E-state index in [1.54, 1.807) is 12.1 Å². The Labute approximate surface area is 120 Å². The number of anilines is 1. The lowest BCUT2D eigenvalue weighted by Gasteiger charge is -2.29. The fraction of sp³-hybridized carbons (Fsp3) is 0.385. The number of piperidine rings is 1. The molecule has 7 heteroatoms. The molecule has 1 aromatic carbocycles. The van der Waals surface area contributed by atoms with Gasteiger partial charge in [0.2, 0.25) is 5.95 Å². The van der Waals surface area contributed by atoms with Crippen molar-refractivity contribution in [2.75, 3.05) is 18.0 Å². The number of hydrogen-bond donors (Lipinski definition) is 2. The van der Waals surface area contributed by atoms with Crippen LogP contribution in [0.4, 0.5) is 10.3 Å². The summed E-state index contributed by atoms with van der Waals surface area (Å²) in [4.78, 5) is 6.37. The first-order valence-electron chi connectivity index (χ1n) is 6.52. The molecule has 1 atom stereocenters. The summed E-state index contributed by atoms with van der Waals surface area (Å²) in [6.07, 6.45) is 2.03. The van der Waals surface area contributed by atoms with Crippen molar-refractivity contribution >= 4 is 17.5 Å². The molecule has 0 spiro atoms. The number of halogens is 2. The Morgan fingerprint density at radius 2 is 2.30 bits per heavy atom. The van der Waals surface area contributed by atoms with E-state index in [0.29, 0.717) is 22.4 Å². The third-order valence-electron chi connectivity index (χ3n) is 3.40. The van der Waals surface area contributed by atoms with Crippen LogP contribution in [0.25, 0.3) is 11.4 Å². The zero-order valence-electron chi connectivity index (χ0n) is 10.8. The molecule has 3 rings (SSSR count). The Morgan fingerprint density at radius 3 is 3.05 bits per heavy atom. The standard InChI is InChI=1S/C13H15ClFN5/c14-8-3-4-10(11(15)6-8)12-17-13(19-18-12)20-5-1-2-9(16)7-20/h3-4,6,9H,1-2,5,7,16H2,(H,17,18,19). The van der Waals surface area contributed by atoms with Gasteiger partial charge in [0, 0.05) is 24.2 Å². The maximum absolute atomic E-state index is 13.8. The SMILES string of the molecule is NC1CCCN(c2n[nH]c(-c3ccc(Cl)cc3F)n2)C1. The minimum absolute atomic E-state index is 0.137. The summed E-state index contributed by atoms with van der Waals surface area (Å²) < 4.78 is 13.8. The summed E-state index contributed by atoms with van der Waals surface area (Å²) in [7, 11) is 0. The molecule has 0 amide bonds. The van der Waals surface area contributed by atoms with Crippen molar-refractivity contribution < 1.29 is 4.39 Å². The minimum Gasteiger partial charge on any atom is -0.338 e. The second-order valence-corrected chi connectivity index (χ2v) is 5.39. The van der Waals surface area contributed by atoms with E-state index >= 15 is 0 Å². The summed E-state index contributed by atoms with van der Waals surface area (Å²) in [5, 5.41) is 7.27. The molecule has 1 aromatic heterocycles. The van der Waals surface area contributed by atoms with Gasteiger partial charge >= 0.3 is 0 Å². The molecule has 20 heavy (non-hydrogen) atoms. The zero-order valence-corrected chi connectivity index (χ0v) is 11.6. The van der Waals surface area contributed by atoms with E-state index in [2.05, 4.69) is 15.2 Å². The lowest BCUT2D eigenvalue weighted by atomic mass is 10.1. The van der Waals surface area contributed by atoms with E-state index in [0.717, 1.165) is 25.9 Å². The Balaban J connectivity index is 1.86. The Bertz CT molecular complexity index is 615. The molecule has 1 fully saturated rings. The van der Waals surface area contributed by atoms with Gasteiger partial charge in [-0.15, -0.1) is 5.10 Å². The van der Waals surface area contributed by atoms with Gasteiger partial charge in [0.25, 0.3) is 0 Å². The molecule has 2 aromatic rings. The molecule has 3 N–H and O–H groups in total. The monoisotopic (exact) mass is 295 g/mol. The van der Waals surface area contributed by atoms with Gasteiger partial charge < -0.3 is 10.6 Å². The minimum atomic E-state index is -0.421. The molecule has 2 heterocycles. The number of hydrogen-bond acceptors (Lipinski definition) is 4. The first-order valence-corrected chi connectivity index (χ1v) is 6.89. The van der Waals surface area contributed by atoms with E-state index in [1.165, 1.54) is 6.07 Å². The molecule has 5 nitrogen and oxygen atoms in total. The normalized spacial score (nSPS) is 19.4. The van der Waals surface area contributed by atoms with Crippen molar-refractivity contribution in [3.05, 3.63) is 29.0 Å². The van der Waals surface area contributed by atoms with Crippen molar-refractivity contribution in [2.45, 2.75) is 18.9 Å². The van der Waals surface area contributed by atoms with Crippen LogP contribution in [0.1, 0.15) is 12.8 Å². The fourth-order valence-electron chi connectivity index (χ4n) is 2.39. The number of rotatable bonds is 2. The number of aromatic amines is 1. The number of nitrogens with zero attached hydrogens (tertiary/aromatic N) is 3. The van der Waals surface area contributed by atoms with Crippen LogP contribution in [0.5, 0.6) is 0 Å². The van der Waals surface area contributed by atoms with Gasteiger partial charge in [-0.25, -0.2) is 4.39 Å². The number of nitrogens with two attached hydrogens (primary N) is 1. The average Bonchev–Trinajstić information content (AvgIpc) is 2.88. The van der Waals surface area contributed by atoms with Crippen LogP contribution < -0.4 is 10.6 Å². The number of benzene rings is 1. The molecule has 1 unspecified atom stereocenters. The topological polar surface area (TPSA) is 70.8 Å². The lowest BCUT2D eigenvalue weighted by molar-refractivity contribution is 0.500. The highest BCUT2D eigenvalue weighted by atomic mass is 35.5. The van der Waals surface area contributed by atoms with Gasteiger partial charge in [-0.2, -0.15) is 4.98 Å². The van der Waals surface area contributed by atoms with Crippen LogP contribution in [0, 0.1) is 5.82 Å². The molecule has 1 saturated heterocycles. The van der Waals surface area contributed by atoms with E-state index in [4.69, 9.17) is 17.3 Å². The molecule has 106 valence electrons. The molecular formula is C13H15ClFN5. The van der Waals surface area contributed by atoms with E-state index < -0.39 is 5.82 Å². The number of nitrogens with one attached hydrogen (secondary N) is 1. The lowest BCUT2D eigenvalue weighted by Crippen LogP contribution is -2.43. The smallest absolute Gasteiger partial charge is 0.245 e. The van der Waals surface area contributed by atoms with Crippen LogP contribution in [-0.4, -0.2) is 34.3 Å². The first-order chi connectivity index (χ1) is 9.63. The maximum atomic E-state index is 13.8. The van der Waals surface area contributed by atoms with Crippen molar-refractivity contribution in [3.8, 4) is 11.4 Å². The van der Waals surface area contributed by atoms with Gasteiger partial charge in [0.05, 0.1) is 5.56 Å². The van der Waals surface area contributed by atoms with Gasteiger partial charge in [-0.05, 0) is 31.0 Å². The molecule has 0 aliphatic carbocycles. The zero-order chi connectivity index (χ0) is 14.1. The number of H-pyrrole nitrogens is 1. The quantitative estimate of drug-likeness (QED) is 0.891. The van der Waals surface area contributed by atoms with Gasteiger partial charge in [-0.1, -0.05) is 11.6 Å². The van der Waals surface area contributed by atoms with E-state index in [-0.39, 0.29) is 6.04 Å². The molecule has 1 aliphatic rings. The Kier molecular flexibility index (Phi) is 3.58. The van der Waals surface area contributed by atoms with Crippen LogP contribution in [0.15, 0.2) is 18.2 Å². The highest BCUT2D eigenvalue weighted by molar-refractivity contribution is 6.30. The van der Waals surface area contributed by atoms with E-state index in [1.807, 2.05) is 4.90 Å². The predicted octanol–water partition coefficient (Wildman–Crippen LogP) is 2.19. The maximum Gasteiger partial charge on any atom is 0.245 e. The molecule has 1 aliphatic heterocycles. The van der Waals surface area contributed by atoms with Gasteiger partial charge in [-0.3, -0.25) is 5.10 Å². The first kappa shape index (κ1) is 13.3. The van der Waals surface area contributed by atoms with Gasteiger partial charge in [0.1, 0.15) is 5.82 Å². The molecular weight excluding hydrogens is 281 g/mol. The predicted molar refractivity (Wildman–Crippen MR) is 76.2 cm³/mol. The summed E-state index contributed by atoms with van der Waals surface area (Å²) in [6.45, 7) is 1.59. The van der Waals surface area contributed by atoms with E-state index in [9.17, 15) is 4.39 Å². The second kappa shape index (κ2) is 5.38. The third kappa shape index (κ3) is 2.62. The Morgan fingerprint density at radius 1 is 1.45 bits per heavy atom. The van der Waals surface area contributed by atoms with Gasteiger partial charge in [0.15, 0.2) is 5.82 Å².